The quantitative estimate of drug-likeness (QED) is 0.251. The minimum Gasteiger partial charge on any atom is -0.394 e. The summed E-state index contributed by atoms with van der Waals surface area (Å²) in [7, 11) is 1.24. The summed E-state index contributed by atoms with van der Waals surface area (Å²) >= 11 is 0. The van der Waals surface area contributed by atoms with Crippen molar-refractivity contribution in [3.63, 3.8) is 0 Å². The van der Waals surface area contributed by atoms with E-state index in [4.69, 9.17) is 29.2 Å². The zero-order valence-electron chi connectivity index (χ0n) is 13.0. The third-order valence-corrected chi connectivity index (χ3v) is 4.20. The summed E-state index contributed by atoms with van der Waals surface area (Å²) in [6.07, 6.45) is -14.3. The van der Waals surface area contributed by atoms with Gasteiger partial charge >= 0.3 is 0 Å². The number of hydrogen-bond acceptors (Lipinski definition) is 11. The van der Waals surface area contributed by atoms with Gasteiger partial charge in [-0.1, -0.05) is 0 Å². The van der Waals surface area contributed by atoms with E-state index in [0.717, 1.165) is 0 Å². The Morgan fingerprint density at radius 3 is 1.71 bits per heavy atom. The molecule has 0 amide bonds. The Morgan fingerprint density at radius 2 is 1.21 bits per heavy atom. The van der Waals surface area contributed by atoms with Crippen molar-refractivity contribution >= 4 is 0 Å². The lowest BCUT2D eigenvalue weighted by Gasteiger charge is -2.45. The van der Waals surface area contributed by atoms with Crippen molar-refractivity contribution in [3.8, 4) is 0 Å². The van der Waals surface area contributed by atoms with Gasteiger partial charge in [-0.25, -0.2) is 0 Å². The molecule has 2 rings (SSSR count). The first-order valence-electron chi connectivity index (χ1n) is 7.46. The van der Waals surface area contributed by atoms with Crippen LogP contribution in [-0.2, 0) is 18.9 Å². The third kappa shape index (κ3) is 3.71. The molecular formula is C13H24O11. The number of aliphatic hydroxyl groups excluding tert-OH is 7. The Labute approximate surface area is 137 Å². The maximum absolute atomic E-state index is 10.2. The van der Waals surface area contributed by atoms with Crippen LogP contribution in [0, 0.1) is 0 Å². The fraction of sp³-hybridized carbons (Fsp3) is 1.00. The number of rotatable bonds is 5. The van der Waals surface area contributed by atoms with Gasteiger partial charge in [0.25, 0.3) is 0 Å². The first-order chi connectivity index (χ1) is 11.3. The molecule has 0 bridgehead atoms. The molecule has 24 heavy (non-hydrogen) atoms. The maximum Gasteiger partial charge on any atom is 0.187 e. The molecule has 0 saturated carbocycles. The summed E-state index contributed by atoms with van der Waals surface area (Å²) in [6.45, 7) is -1.21. The molecule has 2 aliphatic heterocycles. The molecular weight excluding hydrogens is 332 g/mol. The molecule has 0 aliphatic carbocycles. The Bertz CT molecular complexity index is 392. The van der Waals surface area contributed by atoms with Gasteiger partial charge in [-0.3, -0.25) is 0 Å². The summed E-state index contributed by atoms with van der Waals surface area (Å²) < 4.78 is 20.8. The molecule has 2 heterocycles. The highest BCUT2D eigenvalue weighted by molar-refractivity contribution is 4.93. The minimum absolute atomic E-state index is 0.565. The average Bonchev–Trinajstić information content (AvgIpc) is 2.59. The van der Waals surface area contributed by atoms with Crippen LogP contribution in [0.25, 0.3) is 0 Å². The molecule has 11 heteroatoms. The predicted octanol–water partition coefficient (Wildman–Crippen LogP) is -4.74. The molecule has 2 saturated heterocycles. The molecule has 0 radical (unpaired) electrons. The average molecular weight is 356 g/mol. The Morgan fingerprint density at radius 1 is 0.708 bits per heavy atom. The second-order valence-electron chi connectivity index (χ2n) is 5.74. The highest BCUT2D eigenvalue weighted by atomic mass is 16.8. The molecule has 10 atom stereocenters. The Balaban J connectivity index is 2.12. The van der Waals surface area contributed by atoms with Crippen LogP contribution in [0.2, 0.25) is 0 Å². The largest absolute Gasteiger partial charge is 0.394 e. The van der Waals surface area contributed by atoms with Gasteiger partial charge in [0.05, 0.1) is 13.2 Å². The lowest BCUT2D eigenvalue weighted by molar-refractivity contribution is -0.364. The van der Waals surface area contributed by atoms with Crippen molar-refractivity contribution in [1.29, 1.82) is 0 Å². The lowest BCUT2D eigenvalue weighted by atomic mass is 9.97. The minimum atomic E-state index is -1.68. The molecule has 2 unspecified atom stereocenters. The van der Waals surface area contributed by atoms with Gasteiger partial charge in [-0.2, -0.15) is 0 Å². The van der Waals surface area contributed by atoms with Crippen molar-refractivity contribution in [3.05, 3.63) is 0 Å². The number of aliphatic hydroxyl groups is 7. The van der Waals surface area contributed by atoms with E-state index >= 15 is 0 Å². The maximum atomic E-state index is 10.2. The van der Waals surface area contributed by atoms with Crippen LogP contribution in [0.15, 0.2) is 0 Å². The Kier molecular flexibility index (Phi) is 6.87. The van der Waals surface area contributed by atoms with Crippen molar-refractivity contribution < 1.29 is 54.7 Å². The van der Waals surface area contributed by atoms with Crippen molar-refractivity contribution in [2.24, 2.45) is 0 Å². The molecule has 0 aromatic heterocycles. The van der Waals surface area contributed by atoms with Crippen molar-refractivity contribution in [1.82, 2.24) is 0 Å². The van der Waals surface area contributed by atoms with Crippen LogP contribution in [-0.4, -0.2) is 117 Å². The van der Waals surface area contributed by atoms with Crippen LogP contribution in [0.3, 0.4) is 0 Å². The standard InChI is InChI=1S/C13H24O11/c1-21-13-11(9(19)7(17)5(3-15)23-13)24-12-10(20)8(18)6(16)4(2-14)22-12/h4-20H,2-3H2,1H3/t4-,5-,6-,7-,8+,9+,10-,11-,12?,13?/m1/s1. The summed E-state index contributed by atoms with van der Waals surface area (Å²) in [5.74, 6) is 0. The van der Waals surface area contributed by atoms with Crippen LogP contribution >= 0.6 is 0 Å². The van der Waals surface area contributed by atoms with E-state index in [-0.39, 0.29) is 0 Å². The van der Waals surface area contributed by atoms with E-state index in [2.05, 4.69) is 0 Å². The van der Waals surface area contributed by atoms with Crippen LogP contribution in [0.5, 0.6) is 0 Å². The van der Waals surface area contributed by atoms with Gasteiger partial charge in [-0.15, -0.1) is 0 Å². The molecule has 2 fully saturated rings. The second-order valence-corrected chi connectivity index (χ2v) is 5.74. The predicted molar refractivity (Wildman–Crippen MR) is 73.4 cm³/mol. The highest BCUT2D eigenvalue weighted by Crippen LogP contribution is 2.29. The number of hydrogen-bond donors (Lipinski definition) is 7. The first-order valence-corrected chi connectivity index (χ1v) is 7.46. The van der Waals surface area contributed by atoms with E-state index in [1.807, 2.05) is 0 Å². The van der Waals surface area contributed by atoms with E-state index < -0.39 is 74.6 Å². The van der Waals surface area contributed by atoms with Gasteiger partial charge in [-0.05, 0) is 0 Å². The van der Waals surface area contributed by atoms with Gasteiger partial charge in [0, 0.05) is 7.11 Å². The van der Waals surface area contributed by atoms with Crippen LogP contribution < -0.4 is 0 Å². The zero-order chi connectivity index (χ0) is 18.0. The molecule has 7 N–H and O–H groups in total. The summed E-state index contributed by atoms with van der Waals surface area (Å²) in [5, 5.41) is 67.8. The number of methoxy groups -OCH3 is 1. The SMILES string of the molecule is COC1O[C@H](CO)[C@@H](O)[C@H](O)[C@H]1OC1O[C@H](CO)[C@@H](O)[C@H](O)[C@H]1O. The molecule has 0 spiro atoms. The van der Waals surface area contributed by atoms with Gasteiger partial charge in [0.2, 0.25) is 0 Å². The zero-order valence-corrected chi connectivity index (χ0v) is 13.0. The van der Waals surface area contributed by atoms with Gasteiger partial charge in [0.1, 0.15) is 48.8 Å². The lowest BCUT2D eigenvalue weighted by Crippen LogP contribution is -2.64. The molecule has 142 valence electrons. The monoisotopic (exact) mass is 356 g/mol. The van der Waals surface area contributed by atoms with E-state index in [9.17, 15) is 25.5 Å². The third-order valence-electron chi connectivity index (χ3n) is 4.20. The fourth-order valence-corrected chi connectivity index (χ4v) is 2.73. The molecule has 11 nitrogen and oxygen atoms in total. The van der Waals surface area contributed by atoms with Gasteiger partial charge < -0.3 is 54.7 Å². The number of ether oxygens (including phenoxy) is 4. The molecule has 0 aromatic carbocycles. The van der Waals surface area contributed by atoms with Crippen LogP contribution in [0.4, 0.5) is 0 Å². The second kappa shape index (κ2) is 8.29. The van der Waals surface area contributed by atoms with E-state index in [1.54, 1.807) is 0 Å². The van der Waals surface area contributed by atoms with Crippen molar-refractivity contribution in [2.75, 3.05) is 20.3 Å². The Hall–Kier alpha value is -0.440. The van der Waals surface area contributed by atoms with Gasteiger partial charge in [0.15, 0.2) is 12.6 Å². The summed E-state index contributed by atoms with van der Waals surface area (Å²) in [6, 6.07) is 0. The summed E-state index contributed by atoms with van der Waals surface area (Å²) in [5.41, 5.74) is 0. The first kappa shape index (κ1) is 19.9. The summed E-state index contributed by atoms with van der Waals surface area (Å²) in [4.78, 5) is 0. The topological polar surface area (TPSA) is 179 Å². The molecule has 2 aliphatic rings. The van der Waals surface area contributed by atoms with E-state index in [0.29, 0.717) is 0 Å². The van der Waals surface area contributed by atoms with E-state index in [1.165, 1.54) is 7.11 Å². The van der Waals surface area contributed by atoms with Crippen molar-refractivity contribution in [2.45, 2.75) is 61.4 Å². The van der Waals surface area contributed by atoms with Crippen LogP contribution in [0.1, 0.15) is 0 Å². The highest BCUT2D eigenvalue weighted by Gasteiger charge is 2.50. The normalized spacial score (nSPS) is 50.0. The fourth-order valence-electron chi connectivity index (χ4n) is 2.73. The molecule has 0 aromatic rings. The smallest absolute Gasteiger partial charge is 0.187 e.